The number of nitro groups is 1. The number of halogens is 1. The SMILES string of the molecule is C/C(=C\C(=O)c1cccnc1)Nc1ccc(Cl)c([N+](=O)[O-])c1. The molecule has 0 unspecified atom stereocenters. The lowest BCUT2D eigenvalue weighted by Crippen LogP contribution is -2.02. The average Bonchev–Trinajstić information content (AvgIpc) is 2.49. The lowest BCUT2D eigenvalue weighted by atomic mass is 10.1. The van der Waals surface area contributed by atoms with Crippen molar-refractivity contribution >= 4 is 28.8 Å². The van der Waals surface area contributed by atoms with E-state index < -0.39 is 4.92 Å². The monoisotopic (exact) mass is 317 g/mol. The minimum Gasteiger partial charge on any atom is -0.359 e. The number of carbonyl (C=O) groups is 1. The summed E-state index contributed by atoms with van der Waals surface area (Å²) >= 11 is 5.75. The molecule has 0 saturated carbocycles. The summed E-state index contributed by atoms with van der Waals surface area (Å²) in [7, 11) is 0. The Labute approximate surface area is 131 Å². The van der Waals surface area contributed by atoms with Gasteiger partial charge in [0.05, 0.1) is 4.92 Å². The van der Waals surface area contributed by atoms with E-state index in [2.05, 4.69) is 10.3 Å². The van der Waals surface area contributed by atoms with Gasteiger partial charge in [0.25, 0.3) is 5.69 Å². The van der Waals surface area contributed by atoms with Crippen LogP contribution in [-0.4, -0.2) is 15.7 Å². The number of pyridine rings is 1. The van der Waals surface area contributed by atoms with Crippen molar-refractivity contribution in [3.05, 3.63) is 75.2 Å². The third-order valence-electron chi connectivity index (χ3n) is 2.78. The molecule has 0 fully saturated rings. The first-order valence-electron chi connectivity index (χ1n) is 6.31. The zero-order valence-electron chi connectivity index (χ0n) is 11.6. The molecule has 0 bridgehead atoms. The fourth-order valence-electron chi connectivity index (χ4n) is 1.78. The Morgan fingerprint density at radius 2 is 2.18 bits per heavy atom. The molecule has 0 spiro atoms. The van der Waals surface area contributed by atoms with Crippen molar-refractivity contribution in [2.45, 2.75) is 6.92 Å². The summed E-state index contributed by atoms with van der Waals surface area (Å²) in [4.78, 5) is 26.1. The molecular formula is C15H12ClN3O3. The summed E-state index contributed by atoms with van der Waals surface area (Å²) in [6, 6.07) is 7.67. The van der Waals surface area contributed by atoms with Crippen LogP contribution in [0.5, 0.6) is 0 Å². The fraction of sp³-hybridized carbons (Fsp3) is 0.0667. The predicted molar refractivity (Wildman–Crippen MR) is 84.1 cm³/mol. The molecule has 1 aromatic heterocycles. The summed E-state index contributed by atoms with van der Waals surface area (Å²) in [6.45, 7) is 1.69. The summed E-state index contributed by atoms with van der Waals surface area (Å²) in [6.07, 6.45) is 4.45. The van der Waals surface area contributed by atoms with E-state index in [1.807, 2.05) is 0 Å². The maximum Gasteiger partial charge on any atom is 0.289 e. The summed E-state index contributed by atoms with van der Waals surface area (Å²) in [5, 5.41) is 13.8. The molecule has 0 aliphatic rings. The highest BCUT2D eigenvalue weighted by Crippen LogP contribution is 2.27. The van der Waals surface area contributed by atoms with Crippen LogP contribution in [0.3, 0.4) is 0 Å². The number of rotatable bonds is 5. The van der Waals surface area contributed by atoms with E-state index in [1.165, 1.54) is 24.4 Å². The number of carbonyl (C=O) groups excluding carboxylic acids is 1. The number of hydrogen-bond donors (Lipinski definition) is 1. The molecule has 0 saturated heterocycles. The molecule has 1 aromatic carbocycles. The quantitative estimate of drug-likeness (QED) is 0.392. The Hall–Kier alpha value is -2.73. The van der Waals surface area contributed by atoms with Gasteiger partial charge in [0, 0.05) is 41.5 Å². The summed E-state index contributed by atoms with van der Waals surface area (Å²) < 4.78 is 0. The molecule has 0 aliphatic heterocycles. The van der Waals surface area contributed by atoms with Crippen LogP contribution in [-0.2, 0) is 0 Å². The van der Waals surface area contributed by atoms with E-state index in [1.54, 1.807) is 31.3 Å². The number of anilines is 1. The van der Waals surface area contributed by atoms with Gasteiger partial charge < -0.3 is 5.32 Å². The van der Waals surface area contributed by atoms with Gasteiger partial charge in [0.1, 0.15) is 5.02 Å². The first-order chi connectivity index (χ1) is 10.5. The van der Waals surface area contributed by atoms with E-state index in [0.29, 0.717) is 16.9 Å². The van der Waals surface area contributed by atoms with Gasteiger partial charge in [-0.15, -0.1) is 0 Å². The first-order valence-corrected chi connectivity index (χ1v) is 6.69. The topological polar surface area (TPSA) is 85.1 Å². The smallest absolute Gasteiger partial charge is 0.289 e. The van der Waals surface area contributed by atoms with Crippen LogP contribution in [0, 0.1) is 10.1 Å². The van der Waals surface area contributed by atoms with Crippen molar-refractivity contribution in [2.75, 3.05) is 5.32 Å². The van der Waals surface area contributed by atoms with Crippen molar-refractivity contribution in [1.82, 2.24) is 4.98 Å². The number of nitro benzene ring substituents is 1. The van der Waals surface area contributed by atoms with E-state index in [4.69, 9.17) is 11.6 Å². The summed E-state index contributed by atoms with van der Waals surface area (Å²) in [5.41, 5.74) is 1.29. The van der Waals surface area contributed by atoms with Gasteiger partial charge in [0.15, 0.2) is 5.78 Å². The lowest BCUT2D eigenvalue weighted by Gasteiger charge is -2.07. The minimum atomic E-state index is -0.562. The molecule has 22 heavy (non-hydrogen) atoms. The third-order valence-corrected chi connectivity index (χ3v) is 3.10. The van der Waals surface area contributed by atoms with Crippen LogP contribution >= 0.6 is 11.6 Å². The zero-order valence-corrected chi connectivity index (χ0v) is 12.4. The molecule has 2 rings (SSSR count). The number of aromatic nitrogens is 1. The summed E-state index contributed by atoms with van der Waals surface area (Å²) in [5.74, 6) is -0.207. The van der Waals surface area contributed by atoms with Crippen LogP contribution in [0.2, 0.25) is 5.02 Å². The lowest BCUT2D eigenvalue weighted by molar-refractivity contribution is -0.384. The molecule has 6 nitrogen and oxygen atoms in total. The van der Waals surface area contributed by atoms with Gasteiger partial charge in [-0.2, -0.15) is 0 Å². The molecule has 0 radical (unpaired) electrons. The normalized spacial score (nSPS) is 11.1. The maximum absolute atomic E-state index is 12.0. The molecule has 0 aliphatic carbocycles. The van der Waals surface area contributed by atoms with Gasteiger partial charge in [-0.1, -0.05) is 11.6 Å². The van der Waals surface area contributed by atoms with Crippen molar-refractivity contribution in [1.29, 1.82) is 0 Å². The van der Waals surface area contributed by atoms with Crippen molar-refractivity contribution < 1.29 is 9.72 Å². The van der Waals surface area contributed by atoms with Gasteiger partial charge in [-0.3, -0.25) is 19.9 Å². The van der Waals surface area contributed by atoms with Gasteiger partial charge in [-0.25, -0.2) is 0 Å². The second-order valence-electron chi connectivity index (χ2n) is 4.48. The first kappa shape index (κ1) is 15.7. The number of allylic oxidation sites excluding steroid dienone is 2. The van der Waals surface area contributed by atoms with Crippen molar-refractivity contribution in [3.8, 4) is 0 Å². The predicted octanol–water partition coefficient (Wildman–Crippen LogP) is 3.84. The Kier molecular flexibility index (Phi) is 4.85. The molecule has 1 N–H and O–H groups in total. The van der Waals surface area contributed by atoms with Crippen molar-refractivity contribution in [2.24, 2.45) is 0 Å². The van der Waals surface area contributed by atoms with Crippen molar-refractivity contribution in [3.63, 3.8) is 0 Å². The molecule has 0 amide bonds. The van der Waals surface area contributed by atoms with Gasteiger partial charge in [-0.05, 0) is 31.2 Å². The maximum atomic E-state index is 12.0. The Balaban J connectivity index is 2.17. The average molecular weight is 318 g/mol. The van der Waals surface area contributed by atoms with Gasteiger partial charge >= 0.3 is 0 Å². The van der Waals surface area contributed by atoms with Crippen LogP contribution in [0.15, 0.2) is 54.5 Å². The fourth-order valence-corrected chi connectivity index (χ4v) is 1.97. The molecule has 112 valence electrons. The second kappa shape index (κ2) is 6.82. The van der Waals surface area contributed by atoms with Crippen LogP contribution in [0.25, 0.3) is 0 Å². The number of ketones is 1. The number of nitrogens with one attached hydrogen (secondary N) is 1. The Morgan fingerprint density at radius 3 is 2.82 bits per heavy atom. The van der Waals surface area contributed by atoms with E-state index >= 15 is 0 Å². The highest BCUT2D eigenvalue weighted by molar-refractivity contribution is 6.32. The zero-order chi connectivity index (χ0) is 16.1. The van der Waals surface area contributed by atoms with E-state index in [-0.39, 0.29) is 16.5 Å². The Bertz CT molecular complexity index is 745. The molecular weight excluding hydrogens is 306 g/mol. The number of nitrogens with zero attached hydrogens (tertiary/aromatic N) is 2. The molecule has 2 aromatic rings. The standard InChI is InChI=1S/C15H12ClN3O3/c1-10(7-15(20)11-3-2-6-17-9-11)18-12-4-5-13(16)14(8-12)19(21)22/h2-9,18H,1H3/b10-7+. The van der Waals surface area contributed by atoms with Crippen LogP contribution in [0.1, 0.15) is 17.3 Å². The highest BCUT2D eigenvalue weighted by atomic mass is 35.5. The number of benzene rings is 1. The van der Waals surface area contributed by atoms with Crippen LogP contribution in [0.4, 0.5) is 11.4 Å². The largest absolute Gasteiger partial charge is 0.359 e. The van der Waals surface area contributed by atoms with E-state index in [9.17, 15) is 14.9 Å². The highest BCUT2D eigenvalue weighted by Gasteiger charge is 2.13. The van der Waals surface area contributed by atoms with Gasteiger partial charge in [0.2, 0.25) is 0 Å². The molecule has 1 heterocycles. The van der Waals surface area contributed by atoms with E-state index in [0.717, 1.165) is 0 Å². The third kappa shape index (κ3) is 3.89. The Morgan fingerprint density at radius 1 is 1.41 bits per heavy atom. The number of hydrogen-bond acceptors (Lipinski definition) is 5. The van der Waals surface area contributed by atoms with Crippen LogP contribution < -0.4 is 5.32 Å². The second-order valence-corrected chi connectivity index (χ2v) is 4.89. The minimum absolute atomic E-state index is 0.0589. The molecule has 7 heteroatoms. The molecule has 0 atom stereocenters.